The fourth-order valence-electron chi connectivity index (χ4n) is 2.61. The van der Waals surface area contributed by atoms with E-state index in [1.807, 2.05) is 6.92 Å². The van der Waals surface area contributed by atoms with Gasteiger partial charge in [-0.05, 0) is 39.5 Å². The van der Waals surface area contributed by atoms with E-state index in [0.717, 1.165) is 13.2 Å². The van der Waals surface area contributed by atoms with E-state index >= 15 is 0 Å². The summed E-state index contributed by atoms with van der Waals surface area (Å²) in [7, 11) is 0. The average Bonchev–Trinajstić information content (AvgIpc) is 2.28. The van der Waals surface area contributed by atoms with Gasteiger partial charge in [-0.1, -0.05) is 0 Å². The molecule has 0 aromatic carbocycles. The summed E-state index contributed by atoms with van der Waals surface area (Å²) in [5.41, 5.74) is 0.519. The Morgan fingerprint density at radius 3 is 2.47 bits per heavy atom. The minimum atomic E-state index is 0.171. The summed E-state index contributed by atoms with van der Waals surface area (Å²) in [4.78, 5) is 0. The lowest BCUT2D eigenvalue weighted by atomic mass is 9.66. The SMILES string of the molecule is CC(CO)NCC12CCC(C)(CC1)OC2. The summed E-state index contributed by atoms with van der Waals surface area (Å²) >= 11 is 0. The maximum absolute atomic E-state index is 8.98. The molecule has 2 bridgehead atoms. The van der Waals surface area contributed by atoms with Gasteiger partial charge in [0, 0.05) is 18.0 Å². The van der Waals surface area contributed by atoms with Crippen molar-refractivity contribution in [1.82, 2.24) is 5.32 Å². The third-order valence-corrected chi connectivity index (χ3v) is 4.19. The molecule has 88 valence electrons. The number of hydrogen-bond donors (Lipinski definition) is 2. The quantitative estimate of drug-likeness (QED) is 0.740. The van der Waals surface area contributed by atoms with Crippen LogP contribution in [0.1, 0.15) is 39.5 Å². The molecule has 0 amide bonds. The van der Waals surface area contributed by atoms with Crippen LogP contribution in [0.5, 0.6) is 0 Å². The van der Waals surface area contributed by atoms with Crippen LogP contribution in [0.3, 0.4) is 0 Å². The molecule has 0 radical (unpaired) electrons. The topological polar surface area (TPSA) is 41.5 Å². The van der Waals surface area contributed by atoms with E-state index in [1.165, 1.54) is 25.7 Å². The molecule has 0 aromatic rings. The van der Waals surface area contributed by atoms with Crippen molar-refractivity contribution in [3.63, 3.8) is 0 Å². The third-order valence-electron chi connectivity index (χ3n) is 4.19. The molecule has 3 heteroatoms. The lowest BCUT2D eigenvalue weighted by Gasteiger charge is -2.52. The normalized spacial score (nSPS) is 41.8. The number of aliphatic hydroxyl groups is 1. The standard InChI is InChI=1S/C12H23NO2/c1-10(7-14)13-8-12-5-3-11(2,4-6-12)15-9-12/h10,13-14H,3-9H2,1-2H3. The van der Waals surface area contributed by atoms with Crippen molar-refractivity contribution in [3.05, 3.63) is 0 Å². The minimum Gasteiger partial charge on any atom is -0.395 e. The van der Waals surface area contributed by atoms with Crippen molar-refractivity contribution in [2.24, 2.45) is 5.41 Å². The van der Waals surface area contributed by atoms with Gasteiger partial charge >= 0.3 is 0 Å². The predicted molar refractivity (Wildman–Crippen MR) is 59.8 cm³/mol. The molecule has 0 aromatic heterocycles. The molecule has 3 nitrogen and oxygen atoms in total. The maximum Gasteiger partial charge on any atom is 0.0655 e. The minimum absolute atomic E-state index is 0.171. The number of hydrogen-bond acceptors (Lipinski definition) is 3. The smallest absolute Gasteiger partial charge is 0.0655 e. The highest BCUT2D eigenvalue weighted by Crippen LogP contribution is 2.48. The third kappa shape index (κ3) is 2.35. The number of aliphatic hydroxyl groups excluding tert-OH is 1. The number of rotatable bonds is 4. The van der Waals surface area contributed by atoms with E-state index in [4.69, 9.17) is 9.84 Å². The molecule has 3 rings (SSSR count). The Labute approximate surface area is 92.2 Å². The van der Waals surface area contributed by atoms with Crippen LogP contribution in [0.25, 0.3) is 0 Å². The molecule has 2 aliphatic heterocycles. The molecule has 1 atom stereocenters. The summed E-state index contributed by atoms with van der Waals surface area (Å²) in [5, 5.41) is 12.4. The predicted octanol–water partition coefficient (Wildman–Crippen LogP) is 1.31. The van der Waals surface area contributed by atoms with Gasteiger partial charge in [-0.15, -0.1) is 0 Å². The fraction of sp³-hybridized carbons (Fsp3) is 1.00. The van der Waals surface area contributed by atoms with Crippen molar-refractivity contribution in [1.29, 1.82) is 0 Å². The Hall–Kier alpha value is -0.120. The first-order chi connectivity index (χ1) is 7.08. The number of fused-ring (bicyclic) bond motifs is 3. The Morgan fingerprint density at radius 1 is 1.33 bits per heavy atom. The monoisotopic (exact) mass is 213 g/mol. The Bertz CT molecular complexity index is 205. The molecule has 3 aliphatic rings. The summed E-state index contributed by atoms with van der Waals surface area (Å²) in [6.07, 6.45) is 4.94. The molecule has 1 aliphatic carbocycles. The first-order valence-electron chi connectivity index (χ1n) is 6.06. The van der Waals surface area contributed by atoms with Crippen molar-refractivity contribution in [2.45, 2.75) is 51.2 Å². The van der Waals surface area contributed by atoms with Crippen molar-refractivity contribution < 1.29 is 9.84 Å². The second kappa shape index (κ2) is 4.04. The van der Waals surface area contributed by atoms with Gasteiger partial charge in [0.15, 0.2) is 0 Å². The summed E-state index contributed by atoms with van der Waals surface area (Å²) < 4.78 is 5.93. The van der Waals surface area contributed by atoms with Crippen molar-refractivity contribution in [3.8, 4) is 0 Å². The fourth-order valence-corrected chi connectivity index (χ4v) is 2.61. The maximum atomic E-state index is 8.98. The highest BCUT2D eigenvalue weighted by atomic mass is 16.5. The zero-order chi connectivity index (χ0) is 10.9. The first kappa shape index (κ1) is 11.4. The van der Waals surface area contributed by atoms with Crippen LogP contribution < -0.4 is 5.32 Å². The van der Waals surface area contributed by atoms with Gasteiger partial charge in [-0.3, -0.25) is 0 Å². The van der Waals surface area contributed by atoms with Crippen molar-refractivity contribution in [2.75, 3.05) is 19.8 Å². The molecule has 3 fully saturated rings. The molecule has 2 N–H and O–H groups in total. The van der Waals surface area contributed by atoms with Crippen LogP contribution in [0, 0.1) is 5.41 Å². The lowest BCUT2D eigenvalue weighted by molar-refractivity contribution is -0.172. The Balaban J connectivity index is 1.87. The van der Waals surface area contributed by atoms with Gasteiger partial charge in [0.25, 0.3) is 0 Å². The van der Waals surface area contributed by atoms with Crippen LogP contribution in [0.15, 0.2) is 0 Å². The van der Waals surface area contributed by atoms with Gasteiger partial charge in [0.05, 0.1) is 18.8 Å². The van der Waals surface area contributed by atoms with Gasteiger partial charge < -0.3 is 15.2 Å². The van der Waals surface area contributed by atoms with Crippen LogP contribution in [-0.4, -0.2) is 36.5 Å². The molecule has 1 unspecified atom stereocenters. The van der Waals surface area contributed by atoms with Gasteiger partial charge in [-0.25, -0.2) is 0 Å². The zero-order valence-corrected chi connectivity index (χ0v) is 9.88. The van der Waals surface area contributed by atoms with E-state index in [1.54, 1.807) is 0 Å². The summed E-state index contributed by atoms with van der Waals surface area (Å²) in [6, 6.07) is 0.203. The summed E-state index contributed by atoms with van der Waals surface area (Å²) in [6.45, 7) is 6.36. The summed E-state index contributed by atoms with van der Waals surface area (Å²) in [5.74, 6) is 0. The Morgan fingerprint density at radius 2 is 2.00 bits per heavy atom. The van der Waals surface area contributed by atoms with Crippen LogP contribution in [-0.2, 0) is 4.74 Å². The van der Waals surface area contributed by atoms with Crippen LogP contribution in [0.2, 0.25) is 0 Å². The Kier molecular flexibility index (Phi) is 3.06. The number of ether oxygens (including phenoxy) is 1. The molecule has 1 saturated carbocycles. The second-order valence-electron chi connectivity index (χ2n) is 5.70. The highest BCUT2D eigenvalue weighted by Gasteiger charge is 2.46. The number of nitrogens with one attached hydrogen (secondary N) is 1. The molecule has 2 saturated heterocycles. The molecule has 2 heterocycles. The average molecular weight is 213 g/mol. The molecule has 15 heavy (non-hydrogen) atoms. The molecular weight excluding hydrogens is 190 g/mol. The largest absolute Gasteiger partial charge is 0.395 e. The van der Waals surface area contributed by atoms with Gasteiger partial charge in [0.2, 0.25) is 0 Å². The molecular formula is C12H23NO2. The van der Waals surface area contributed by atoms with E-state index < -0.39 is 0 Å². The zero-order valence-electron chi connectivity index (χ0n) is 9.88. The molecule has 0 spiro atoms. The first-order valence-corrected chi connectivity index (χ1v) is 6.06. The van der Waals surface area contributed by atoms with Crippen molar-refractivity contribution >= 4 is 0 Å². The van der Waals surface area contributed by atoms with E-state index in [-0.39, 0.29) is 18.2 Å². The van der Waals surface area contributed by atoms with Crippen LogP contribution in [0.4, 0.5) is 0 Å². The van der Waals surface area contributed by atoms with Gasteiger partial charge in [0.1, 0.15) is 0 Å². The van der Waals surface area contributed by atoms with Gasteiger partial charge in [-0.2, -0.15) is 0 Å². The lowest BCUT2D eigenvalue weighted by Crippen LogP contribution is -2.54. The van der Waals surface area contributed by atoms with E-state index in [2.05, 4.69) is 12.2 Å². The highest BCUT2D eigenvalue weighted by molar-refractivity contribution is 4.98. The second-order valence-corrected chi connectivity index (χ2v) is 5.70. The van der Waals surface area contributed by atoms with E-state index in [0.29, 0.717) is 5.41 Å². The van der Waals surface area contributed by atoms with Crippen LogP contribution >= 0.6 is 0 Å². The van der Waals surface area contributed by atoms with E-state index in [9.17, 15) is 0 Å².